The van der Waals surface area contributed by atoms with Crippen LogP contribution in [0.3, 0.4) is 0 Å². The molecule has 9 heteroatoms. The average Bonchev–Trinajstić information content (AvgIpc) is 2.32. The number of ether oxygens (including phenoxy) is 2. The second-order valence-corrected chi connectivity index (χ2v) is 5.09. The number of hydrogen-bond acceptors (Lipinski definition) is 4. The van der Waals surface area contributed by atoms with Gasteiger partial charge >= 0.3 is 18.1 Å². The highest BCUT2D eigenvalue weighted by molar-refractivity contribution is 6.18. The molecule has 0 spiro atoms. The molecule has 0 bridgehead atoms. The van der Waals surface area contributed by atoms with Crippen molar-refractivity contribution in [1.82, 2.24) is 0 Å². The van der Waals surface area contributed by atoms with Crippen molar-refractivity contribution in [2.75, 3.05) is 0 Å². The Bertz CT molecular complexity index is 697. The Morgan fingerprint density at radius 1 is 1.00 bits per heavy atom. The minimum atomic E-state index is -5.07. The number of benzene rings is 1. The largest absolute Gasteiger partial charge is 0.419 e. The molecule has 1 saturated heterocycles. The molecule has 0 unspecified atom stereocenters. The maximum Gasteiger partial charge on any atom is 0.419 e. The Morgan fingerprint density at radius 2 is 1.52 bits per heavy atom. The van der Waals surface area contributed by atoms with Crippen molar-refractivity contribution in [3.05, 3.63) is 40.5 Å². The summed E-state index contributed by atoms with van der Waals surface area (Å²) in [4.78, 5) is 23.3. The van der Waals surface area contributed by atoms with Crippen LogP contribution in [0.25, 0.3) is 6.08 Å². The summed E-state index contributed by atoms with van der Waals surface area (Å²) >= 11 is 0. The normalized spacial score (nSPS) is 17.6. The third-order valence-corrected chi connectivity index (χ3v) is 2.81. The van der Waals surface area contributed by atoms with E-state index in [1.54, 1.807) is 0 Å². The molecule has 124 valence electrons. The molecule has 1 fully saturated rings. The van der Waals surface area contributed by atoms with E-state index >= 15 is 0 Å². The van der Waals surface area contributed by atoms with Gasteiger partial charge in [-0.05, 0) is 12.1 Å². The Balaban J connectivity index is 2.51. The molecule has 1 aromatic rings. The zero-order valence-corrected chi connectivity index (χ0v) is 11.8. The van der Waals surface area contributed by atoms with Crippen LogP contribution in [0, 0.1) is 11.6 Å². The lowest BCUT2D eigenvalue weighted by molar-refractivity contribution is -0.222. The molecule has 1 aromatic carbocycles. The van der Waals surface area contributed by atoms with Crippen LogP contribution in [0.1, 0.15) is 25.0 Å². The van der Waals surface area contributed by atoms with E-state index in [1.165, 1.54) is 13.8 Å². The van der Waals surface area contributed by atoms with Gasteiger partial charge in [-0.15, -0.1) is 0 Å². The number of carbonyl (C=O) groups is 2. The van der Waals surface area contributed by atoms with Gasteiger partial charge in [-0.2, -0.15) is 13.2 Å². The Hall–Kier alpha value is -2.45. The van der Waals surface area contributed by atoms with E-state index in [4.69, 9.17) is 9.47 Å². The van der Waals surface area contributed by atoms with Crippen LogP contribution in [0.15, 0.2) is 17.7 Å². The Labute approximate surface area is 126 Å². The number of esters is 2. The van der Waals surface area contributed by atoms with Crippen LogP contribution in [0.4, 0.5) is 22.0 Å². The number of rotatable bonds is 1. The first-order valence-corrected chi connectivity index (χ1v) is 6.15. The van der Waals surface area contributed by atoms with Gasteiger partial charge in [0.05, 0.1) is 5.56 Å². The maximum absolute atomic E-state index is 13.6. The van der Waals surface area contributed by atoms with Crippen LogP contribution in [0.5, 0.6) is 0 Å². The molecule has 1 aliphatic heterocycles. The first-order chi connectivity index (χ1) is 10.4. The lowest BCUT2D eigenvalue weighted by Crippen LogP contribution is -2.41. The van der Waals surface area contributed by atoms with E-state index < -0.39 is 52.2 Å². The molecule has 4 nitrogen and oxygen atoms in total. The van der Waals surface area contributed by atoms with Gasteiger partial charge in [0, 0.05) is 25.5 Å². The molecule has 0 radical (unpaired) electrons. The summed E-state index contributed by atoms with van der Waals surface area (Å²) in [7, 11) is 0. The fourth-order valence-corrected chi connectivity index (χ4v) is 1.83. The smallest absolute Gasteiger partial charge is 0.419 e. The Kier molecular flexibility index (Phi) is 3.91. The standard InChI is InChI=1S/C14H9F5O4/c1-13(2)22-11(20)7(12(21)23-13)3-6-4-8(14(17,18)19)10(16)5-9(6)15/h3-5H,1-2H3. The first-order valence-electron chi connectivity index (χ1n) is 6.15. The van der Waals surface area contributed by atoms with Crippen molar-refractivity contribution < 1.29 is 41.0 Å². The molecule has 2 rings (SSSR count). The van der Waals surface area contributed by atoms with Crippen molar-refractivity contribution in [3.8, 4) is 0 Å². The van der Waals surface area contributed by atoms with Crippen LogP contribution >= 0.6 is 0 Å². The van der Waals surface area contributed by atoms with Gasteiger partial charge in [-0.1, -0.05) is 0 Å². The number of hydrogen-bond donors (Lipinski definition) is 0. The fraction of sp³-hybridized carbons (Fsp3) is 0.286. The van der Waals surface area contributed by atoms with Gasteiger partial charge < -0.3 is 9.47 Å². The zero-order chi connectivity index (χ0) is 17.6. The molecular weight excluding hydrogens is 327 g/mol. The zero-order valence-electron chi connectivity index (χ0n) is 11.8. The molecule has 0 saturated carbocycles. The SMILES string of the molecule is CC1(C)OC(=O)C(=Cc2cc(C(F)(F)F)c(F)cc2F)C(=O)O1. The fourth-order valence-electron chi connectivity index (χ4n) is 1.83. The molecule has 23 heavy (non-hydrogen) atoms. The maximum atomic E-state index is 13.6. The summed E-state index contributed by atoms with van der Waals surface area (Å²) < 4.78 is 74.1. The summed E-state index contributed by atoms with van der Waals surface area (Å²) in [6.07, 6.45) is -4.55. The second kappa shape index (κ2) is 5.32. The monoisotopic (exact) mass is 336 g/mol. The van der Waals surface area contributed by atoms with E-state index in [0.29, 0.717) is 6.08 Å². The first kappa shape index (κ1) is 16.9. The topological polar surface area (TPSA) is 52.6 Å². The lowest BCUT2D eigenvalue weighted by atomic mass is 10.1. The number of alkyl halides is 3. The van der Waals surface area contributed by atoms with Crippen LogP contribution in [-0.4, -0.2) is 17.7 Å². The Morgan fingerprint density at radius 3 is 2.00 bits per heavy atom. The van der Waals surface area contributed by atoms with Crippen molar-refractivity contribution in [3.63, 3.8) is 0 Å². The second-order valence-electron chi connectivity index (χ2n) is 5.09. The van der Waals surface area contributed by atoms with Gasteiger partial charge in [0.2, 0.25) is 0 Å². The predicted octanol–water partition coefficient (Wildman–Crippen LogP) is 3.20. The molecular formula is C14H9F5O4. The van der Waals surface area contributed by atoms with E-state index in [9.17, 15) is 31.5 Å². The summed E-state index contributed by atoms with van der Waals surface area (Å²) in [5, 5.41) is 0. The van der Waals surface area contributed by atoms with Crippen molar-refractivity contribution in [1.29, 1.82) is 0 Å². The van der Waals surface area contributed by atoms with Gasteiger partial charge in [0.25, 0.3) is 5.79 Å². The van der Waals surface area contributed by atoms with Crippen LogP contribution < -0.4 is 0 Å². The van der Waals surface area contributed by atoms with Crippen molar-refractivity contribution in [2.24, 2.45) is 0 Å². The summed E-state index contributed by atoms with van der Waals surface area (Å²) in [6, 6.07) is 0.163. The molecule has 0 N–H and O–H groups in total. The molecule has 0 atom stereocenters. The van der Waals surface area contributed by atoms with E-state index in [2.05, 4.69) is 0 Å². The van der Waals surface area contributed by atoms with Crippen LogP contribution in [-0.2, 0) is 25.2 Å². The third-order valence-electron chi connectivity index (χ3n) is 2.81. The predicted molar refractivity (Wildman–Crippen MR) is 65.6 cm³/mol. The summed E-state index contributed by atoms with van der Waals surface area (Å²) in [5.41, 5.74) is -3.34. The minimum absolute atomic E-state index is 0.0125. The number of halogens is 5. The minimum Gasteiger partial charge on any atom is -0.419 e. The quantitative estimate of drug-likeness (QED) is 0.342. The number of cyclic esters (lactones) is 2. The molecule has 0 aliphatic carbocycles. The molecule has 1 aliphatic rings. The lowest BCUT2D eigenvalue weighted by Gasteiger charge is -2.29. The van der Waals surface area contributed by atoms with E-state index in [0.717, 1.165) is 0 Å². The number of carbonyl (C=O) groups excluding carboxylic acids is 2. The molecule has 0 amide bonds. The third kappa shape index (κ3) is 3.49. The van der Waals surface area contributed by atoms with Gasteiger partial charge in [-0.3, -0.25) is 0 Å². The van der Waals surface area contributed by atoms with Crippen molar-refractivity contribution in [2.45, 2.75) is 25.8 Å². The van der Waals surface area contributed by atoms with E-state index in [1.807, 2.05) is 0 Å². The highest BCUT2D eigenvalue weighted by atomic mass is 19.4. The highest BCUT2D eigenvalue weighted by Gasteiger charge is 2.39. The molecule has 0 aromatic heterocycles. The van der Waals surface area contributed by atoms with E-state index in [-0.39, 0.29) is 12.1 Å². The summed E-state index contributed by atoms with van der Waals surface area (Å²) in [6.45, 7) is 2.53. The highest BCUT2D eigenvalue weighted by Crippen LogP contribution is 2.33. The van der Waals surface area contributed by atoms with Crippen molar-refractivity contribution >= 4 is 18.0 Å². The van der Waals surface area contributed by atoms with Gasteiger partial charge in [0.1, 0.15) is 17.2 Å². The van der Waals surface area contributed by atoms with Gasteiger partial charge in [0.15, 0.2) is 0 Å². The van der Waals surface area contributed by atoms with Crippen LogP contribution in [0.2, 0.25) is 0 Å². The average molecular weight is 336 g/mol. The molecule has 1 heterocycles. The van der Waals surface area contributed by atoms with Gasteiger partial charge in [-0.25, -0.2) is 18.4 Å². The summed E-state index contributed by atoms with van der Waals surface area (Å²) in [5.74, 6) is -7.13.